The fraction of sp³-hybridized carbons (Fsp3) is 0.600. The molecular formula is C20H32IN5O. The van der Waals surface area contributed by atoms with Crippen molar-refractivity contribution < 1.29 is 4.42 Å². The van der Waals surface area contributed by atoms with Crippen molar-refractivity contribution in [1.29, 1.82) is 0 Å². The number of hydrogen-bond acceptors (Lipinski definition) is 3. The van der Waals surface area contributed by atoms with Crippen molar-refractivity contribution in [2.24, 2.45) is 10.9 Å². The molecule has 27 heavy (non-hydrogen) atoms. The van der Waals surface area contributed by atoms with E-state index in [1.807, 2.05) is 35.3 Å². The van der Waals surface area contributed by atoms with Gasteiger partial charge < -0.3 is 15.1 Å². The summed E-state index contributed by atoms with van der Waals surface area (Å²) in [5, 5.41) is 11.2. The van der Waals surface area contributed by atoms with Crippen LogP contribution in [0, 0.1) is 5.92 Å². The minimum atomic E-state index is 0. The molecule has 0 aliphatic heterocycles. The normalized spacial score (nSPS) is 15.3. The highest BCUT2D eigenvalue weighted by Crippen LogP contribution is 2.23. The molecule has 1 aliphatic carbocycles. The molecule has 150 valence electrons. The SMILES string of the molecule is I.c1coc(CCNC(=NCC2CCCCC2)NCCCn2cccn2)c1. The van der Waals surface area contributed by atoms with E-state index in [1.165, 1.54) is 32.1 Å². The van der Waals surface area contributed by atoms with Gasteiger partial charge in [0.1, 0.15) is 5.76 Å². The van der Waals surface area contributed by atoms with Gasteiger partial charge >= 0.3 is 0 Å². The van der Waals surface area contributed by atoms with E-state index in [-0.39, 0.29) is 24.0 Å². The van der Waals surface area contributed by atoms with Crippen molar-refractivity contribution in [2.75, 3.05) is 19.6 Å². The van der Waals surface area contributed by atoms with Gasteiger partial charge in [0.2, 0.25) is 0 Å². The van der Waals surface area contributed by atoms with Gasteiger partial charge in [0, 0.05) is 45.0 Å². The fourth-order valence-electron chi connectivity index (χ4n) is 3.40. The second kappa shape index (κ2) is 12.8. The zero-order valence-electron chi connectivity index (χ0n) is 16.0. The molecule has 2 heterocycles. The van der Waals surface area contributed by atoms with Gasteiger partial charge in [-0.2, -0.15) is 5.10 Å². The number of aromatic nitrogens is 2. The number of nitrogens with one attached hydrogen (secondary N) is 2. The summed E-state index contributed by atoms with van der Waals surface area (Å²) in [7, 11) is 0. The Hall–Kier alpha value is -1.51. The summed E-state index contributed by atoms with van der Waals surface area (Å²) in [4.78, 5) is 4.84. The van der Waals surface area contributed by atoms with Crippen molar-refractivity contribution in [3.63, 3.8) is 0 Å². The standard InChI is InChI=1S/C20H31N5O.HI/c1-2-7-18(8-3-1)17-23-20(22-13-10-19-9-4-16-26-19)21-11-5-14-25-15-6-12-24-25;/h4,6,9,12,15-16,18H,1-3,5,7-8,10-11,13-14,17H2,(H2,21,22,23);1H. The number of hydrogen-bond donors (Lipinski definition) is 2. The third-order valence-electron chi connectivity index (χ3n) is 4.89. The zero-order valence-corrected chi connectivity index (χ0v) is 18.3. The van der Waals surface area contributed by atoms with E-state index in [1.54, 1.807) is 6.26 Å². The molecule has 6 nitrogen and oxygen atoms in total. The van der Waals surface area contributed by atoms with Crippen molar-refractivity contribution in [1.82, 2.24) is 20.4 Å². The van der Waals surface area contributed by atoms with Crippen LogP contribution in [0.3, 0.4) is 0 Å². The fourth-order valence-corrected chi connectivity index (χ4v) is 3.40. The Morgan fingerprint density at radius 3 is 2.78 bits per heavy atom. The Balaban J connectivity index is 0.00000261. The number of rotatable bonds is 9. The topological polar surface area (TPSA) is 67.4 Å². The van der Waals surface area contributed by atoms with Crippen molar-refractivity contribution in [2.45, 2.75) is 51.5 Å². The number of halogens is 1. The molecule has 2 aromatic heterocycles. The molecule has 0 amide bonds. The third-order valence-corrected chi connectivity index (χ3v) is 4.89. The number of aryl methyl sites for hydroxylation is 1. The maximum Gasteiger partial charge on any atom is 0.191 e. The van der Waals surface area contributed by atoms with E-state index < -0.39 is 0 Å². The quantitative estimate of drug-likeness (QED) is 0.245. The highest BCUT2D eigenvalue weighted by Gasteiger charge is 2.13. The number of furan rings is 1. The molecule has 1 fully saturated rings. The summed E-state index contributed by atoms with van der Waals surface area (Å²) >= 11 is 0. The summed E-state index contributed by atoms with van der Waals surface area (Å²) in [6, 6.07) is 5.90. The zero-order chi connectivity index (χ0) is 17.9. The molecular weight excluding hydrogens is 453 g/mol. The van der Waals surface area contributed by atoms with Crippen LogP contribution in [0.4, 0.5) is 0 Å². The van der Waals surface area contributed by atoms with Gasteiger partial charge in [-0.15, -0.1) is 24.0 Å². The largest absolute Gasteiger partial charge is 0.469 e. The second-order valence-corrected chi connectivity index (χ2v) is 7.00. The summed E-state index contributed by atoms with van der Waals surface area (Å²) < 4.78 is 7.36. The Morgan fingerprint density at radius 2 is 2.04 bits per heavy atom. The van der Waals surface area contributed by atoms with Crippen LogP contribution in [0.2, 0.25) is 0 Å². The number of nitrogens with zero attached hydrogens (tertiary/aromatic N) is 3. The van der Waals surface area contributed by atoms with Gasteiger partial charge in [-0.05, 0) is 43.4 Å². The Morgan fingerprint density at radius 1 is 1.19 bits per heavy atom. The van der Waals surface area contributed by atoms with Crippen molar-refractivity contribution in [3.8, 4) is 0 Å². The predicted octanol–water partition coefficient (Wildman–Crippen LogP) is 3.84. The minimum absolute atomic E-state index is 0. The molecule has 3 rings (SSSR count). The van der Waals surface area contributed by atoms with E-state index in [9.17, 15) is 0 Å². The Labute approximate surface area is 179 Å². The molecule has 0 atom stereocenters. The number of guanidine groups is 1. The highest BCUT2D eigenvalue weighted by molar-refractivity contribution is 14.0. The lowest BCUT2D eigenvalue weighted by atomic mass is 9.89. The van der Waals surface area contributed by atoms with E-state index in [0.717, 1.165) is 56.7 Å². The summed E-state index contributed by atoms with van der Waals surface area (Å²) in [5.41, 5.74) is 0. The van der Waals surface area contributed by atoms with E-state index in [4.69, 9.17) is 9.41 Å². The Bertz CT molecular complexity index is 621. The van der Waals surface area contributed by atoms with Gasteiger partial charge in [0.15, 0.2) is 5.96 Å². The number of aliphatic imine (C=N–C) groups is 1. The van der Waals surface area contributed by atoms with E-state index >= 15 is 0 Å². The van der Waals surface area contributed by atoms with E-state index in [0.29, 0.717) is 0 Å². The third kappa shape index (κ3) is 8.36. The van der Waals surface area contributed by atoms with Gasteiger partial charge in [-0.1, -0.05) is 19.3 Å². The summed E-state index contributed by atoms with van der Waals surface area (Å²) in [6.45, 7) is 3.55. The average Bonchev–Trinajstić information content (AvgIpc) is 3.37. The molecule has 0 saturated heterocycles. The first-order valence-corrected chi connectivity index (χ1v) is 9.92. The van der Waals surface area contributed by atoms with Crippen LogP contribution < -0.4 is 10.6 Å². The van der Waals surface area contributed by atoms with Gasteiger partial charge in [0.05, 0.1) is 6.26 Å². The molecule has 0 aromatic carbocycles. The summed E-state index contributed by atoms with van der Waals surface area (Å²) in [6.07, 6.45) is 14.2. The summed E-state index contributed by atoms with van der Waals surface area (Å²) in [5.74, 6) is 2.67. The molecule has 0 unspecified atom stereocenters. The first-order chi connectivity index (χ1) is 12.9. The maximum atomic E-state index is 5.40. The van der Waals surface area contributed by atoms with Crippen LogP contribution in [0.1, 0.15) is 44.3 Å². The first kappa shape index (κ1) is 21.8. The lowest BCUT2D eigenvalue weighted by molar-refractivity contribution is 0.366. The lowest BCUT2D eigenvalue weighted by Crippen LogP contribution is -2.39. The monoisotopic (exact) mass is 485 g/mol. The highest BCUT2D eigenvalue weighted by atomic mass is 127. The van der Waals surface area contributed by atoms with Crippen LogP contribution >= 0.6 is 24.0 Å². The molecule has 7 heteroatoms. The van der Waals surface area contributed by atoms with E-state index in [2.05, 4.69) is 15.7 Å². The van der Waals surface area contributed by atoms with Crippen LogP contribution in [0.25, 0.3) is 0 Å². The van der Waals surface area contributed by atoms with Crippen LogP contribution in [-0.2, 0) is 13.0 Å². The smallest absolute Gasteiger partial charge is 0.191 e. The van der Waals surface area contributed by atoms with Crippen LogP contribution in [0.5, 0.6) is 0 Å². The van der Waals surface area contributed by atoms with Crippen molar-refractivity contribution in [3.05, 3.63) is 42.6 Å². The molecule has 1 aliphatic rings. The predicted molar refractivity (Wildman–Crippen MR) is 120 cm³/mol. The molecule has 0 bridgehead atoms. The van der Waals surface area contributed by atoms with Crippen molar-refractivity contribution >= 4 is 29.9 Å². The van der Waals surface area contributed by atoms with Crippen LogP contribution in [-0.4, -0.2) is 35.4 Å². The van der Waals surface area contributed by atoms with Gasteiger partial charge in [-0.3, -0.25) is 9.67 Å². The minimum Gasteiger partial charge on any atom is -0.469 e. The van der Waals surface area contributed by atoms with Crippen LogP contribution in [0.15, 0.2) is 46.3 Å². The first-order valence-electron chi connectivity index (χ1n) is 9.92. The Kier molecular flexibility index (Phi) is 10.3. The second-order valence-electron chi connectivity index (χ2n) is 7.00. The lowest BCUT2D eigenvalue weighted by Gasteiger charge is -2.20. The molecule has 0 radical (unpaired) electrons. The molecule has 2 aromatic rings. The van der Waals surface area contributed by atoms with Gasteiger partial charge in [-0.25, -0.2) is 0 Å². The molecule has 0 spiro atoms. The van der Waals surface area contributed by atoms with Gasteiger partial charge in [0.25, 0.3) is 0 Å². The average molecular weight is 485 g/mol. The molecule has 1 saturated carbocycles. The maximum absolute atomic E-state index is 5.40. The molecule has 2 N–H and O–H groups in total.